The number of rotatable bonds is 6. The first-order valence-electron chi connectivity index (χ1n) is 23.4. The molecule has 0 spiro atoms. The fourth-order valence-electron chi connectivity index (χ4n) is 11.1. The van der Waals surface area contributed by atoms with Gasteiger partial charge in [0, 0.05) is 55.2 Å². The first-order valence-corrected chi connectivity index (χ1v) is 23.4. The number of para-hydroxylation sites is 5. The zero-order valence-corrected chi connectivity index (χ0v) is 39.0. The van der Waals surface area contributed by atoms with Crippen LogP contribution in [0.1, 0.15) is 86.4 Å². The second kappa shape index (κ2) is 14.6. The van der Waals surface area contributed by atoms with Crippen molar-refractivity contribution in [1.29, 1.82) is 0 Å². The van der Waals surface area contributed by atoms with Crippen molar-refractivity contribution in [2.24, 2.45) is 0 Å². The van der Waals surface area contributed by atoms with E-state index in [-0.39, 0.29) is 16.7 Å². The SMILES string of the molecule is Cc1ccccc1C(c1ccc2ccc3c(N(c4ccccc4C)c4cccc5c4oc4c(C(C)(C)C)cccc45)ccc4ccc1c2c43)c1cccc2c1oc1c(C(C)(C)C)cccc12. The lowest BCUT2D eigenvalue weighted by molar-refractivity contribution is 0.571. The predicted octanol–water partition coefficient (Wildman–Crippen LogP) is 18.2. The molecule has 12 aromatic rings. The van der Waals surface area contributed by atoms with Crippen molar-refractivity contribution in [3.05, 3.63) is 209 Å². The predicted molar refractivity (Wildman–Crippen MR) is 280 cm³/mol. The van der Waals surface area contributed by atoms with Crippen molar-refractivity contribution in [3.8, 4) is 0 Å². The van der Waals surface area contributed by atoms with E-state index in [1.54, 1.807) is 0 Å². The zero-order valence-electron chi connectivity index (χ0n) is 39.0. The summed E-state index contributed by atoms with van der Waals surface area (Å²) in [5, 5.41) is 12.0. The fourth-order valence-corrected chi connectivity index (χ4v) is 11.1. The topological polar surface area (TPSA) is 29.5 Å². The quantitative estimate of drug-likeness (QED) is 0.123. The van der Waals surface area contributed by atoms with Crippen LogP contribution in [-0.4, -0.2) is 0 Å². The summed E-state index contributed by atoms with van der Waals surface area (Å²) < 4.78 is 14.2. The molecule has 0 amide bonds. The van der Waals surface area contributed by atoms with Gasteiger partial charge in [0.15, 0.2) is 5.58 Å². The summed E-state index contributed by atoms with van der Waals surface area (Å²) >= 11 is 0. The molecule has 3 heteroatoms. The number of hydrogen-bond donors (Lipinski definition) is 0. The molecule has 0 bridgehead atoms. The van der Waals surface area contributed by atoms with Crippen molar-refractivity contribution >= 4 is 93.3 Å². The number of benzene rings is 10. The largest absolute Gasteiger partial charge is 0.455 e. The Labute approximate surface area is 386 Å². The summed E-state index contributed by atoms with van der Waals surface area (Å²) in [4.78, 5) is 2.44. The van der Waals surface area contributed by atoms with Crippen LogP contribution < -0.4 is 4.90 Å². The van der Waals surface area contributed by atoms with E-state index < -0.39 is 0 Å². The Morgan fingerprint density at radius 1 is 0.348 bits per heavy atom. The van der Waals surface area contributed by atoms with Gasteiger partial charge in [0.2, 0.25) is 0 Å². The highest BCUT2D eigenvalue weighted by molar-refractivity contribution is 6.27. The van der Waals surface area contributed by atoms with Crippen LogP contribution in [0.25, 0.3) is 76.2 Å². The molecule has 2 heterocycles. The Morgan fingerprint density at radius 3 is 1.48 bits per heavy atom. The van der Waals surface area contributed by atoms with Crippen molar-refractivity contribution in [1.82, 2.24) is 0 Å². The van der Waals surface area contributed by atoms with Gasteiger partial charge < -0.3 is 13.7 Å². The van der Waals surface area contributed by atoms with Crippen LogP contribution >= 0.6 is 0 Å². The maximum atomic E-state index is 7.13. The average Bonchev–Trinajstić information content (AvgIpc) is 3.89. The molecule has 1 unspecified atom stereocenters. The molecular weight excluding hydrogens is 803 g/mol. The molecule has 1 atom stereocenters. The van der Waals surface area contributed by atoms with E-state index in [0.29, 0.717) is 0 Å². The minimum Gasteiger partial charge on any atom is -0.455 e. The number of aryl methyl sites for hydroxylation is 2. The summed E-state index contributed by atoms with van der Waals surface area (Å²) in [5.41, 5.74) is 15.4. The molecule has 0 aliphatic rings. The van der Waals surface area contributed by atoms with Gasteiger partial charge in [-0.2, -0.15) is 0 Å². The van der Waals surface area contributed by atoms with E-state index in [2.05, 4.69) is 230 Å². The smallest absolute Gasteiger partial charge is 0.159 e. The van der Waals surface area contributed by atoms with Gasteiger partial charge in [-0.1, -0.05) is 193 Å². The monoisotopic (exact) mass is 855 g/mol. The lowest BCUT2D eigenvalue weighted by Gasteiger charge is -2.29. The molecule has 66 heavy (non-hydrogen) atoms. The van der Waals surface area contributed by atoms with Crippen LogP contribution in [0.3, 0.4) is 0 Å². The van der Waals surface area contributed by atoms with Crippen LogP contribution in [0.2, 0.25) is 0 Å². The van der Waals surface area contributed by atoms with E-state index in [1.165, 1.54) is 71.3 Å². The Morgan fingerprint density at radius 2 is 0.833 bits per heavy atom. The van der Waals surface area contributed by atoms with Crippen LogP contribution in [0, 0.1) is 13.8 Å². The van der Waals surface area contributed by atoms with Gasteiger partial charge >= 0.3 is 0 Å². The van der Waals surface area contributed by atoms with Crippen LogP contribution in [0.15, 0.2) is 179 Å². The Hall–Kier alpha value is -7.36. The first-order chi connectivity index (χ1) is 31.9. The van der Waals surface area contributed by atoms with Gasteiger partial charge in [-0.15, -0.1) is 0 Å². The number of hydrogen-bond acceptors (Lipinski definition) is 3. The van der Waals surface area contributed by atoms with Gasteiger partial charge in [-0.25, -0.2) is 0 Å². The molecule has 0 aliphatic heterocycles. The number of anilines is 3. The highest BCUT2D eigenvalue weighted by atomic mass is 16.3. The van der Waals surface area contributed by atoms with Crippen molar-refractivity contribution in [3.63, 3.8) is 0 Å². The van der Waals surface area contributed by atoms with Crippen molar-refractivity contribution < 1.29 is 8.83 Å². The molecule has 2 aromatic heterocycles. The number of fused-ring (bicyclic) bond motifs is 6. The third kappa shape index (κ3) is 6.02. The van der Waals surface area contributed by atoms with E-state index in [0.717, 1.165) is 60.9 Å². The van der Waals surface area contributed by atoms with Gasteiger partial charge in [-0.3, -0.25) is 0 Å². The summed E-state index contributed by atoms with van der Waals surface area (Å²) in [6.45, 7) is 18.0. The molecule has 0 fully saturated rings. The van der Waals surface area contributed by atoms with Gasteiger partial charge in [0.25, 0.3) is 0 Å². The molecular formula is C63H53NO2. The normalized spacial score (nSPS) is 13.1. The van der Waals surface area contributed by atoms with E-state index in [9.17, 15) is 0 Å². The summed E-state index contributed by atoms with van der Waals surface area (Å²) in [5.74, 6) is -0.0928. The highest BCUT2D eigenvalue weighted by Gasteiger charge is 2.30. The van der Waals surface area contributed by atoms with Gasteiger partial charge in [0.1, 0.15) is 16.7 Å². The van der Waals surface area contributed by atoms with E-state index in [4.69, 9.17) is 8.83 Å². The van der Waals surface area contributed by atoms with E-state index in [1.807, 2.05) is 0 Å². The molecule has 3 nitrogen and oxygen atoms in total. The Bertz CT molecular complexity index is 3630. The van der Waals surface area contributed by atoms with E-state index >= 15 is 0 Å². The lowest BCUT2D eigenvalue weighted by Crippen LogP contribution is -2.12. The van der Waals surface area contributed by atoms with Gasteiger partial charge in [0.05, 0.1) is 11.4 Å². The minimum absolute atomic E-state index is 0.0724. The lowest BCUT2D eigenvalue weighted by atomic mass is 9.79. The molecule has 0 radical (unpaired) electrons. The standard InChI is InChI=1S/C63H53NO2/c1-37-17-9-11-19-41(37)57(49-24-13-20-44-45-21-14-25-50(62(3,4)5)59(45)65-58(44)49)43-34-30-39-31-35-48-53(36-32-40-29-33-42(43)55(39)56(40)48)64(52-27-12-10-18-38(52)2)54-28-16-23-47-46-22-15-26-51(63(6,7)8)60(46)66-61(47)54/h9-36,57H,1-8H3. The third-order valence-corrected chi connectivity index (χ3v) is 14.3. The second-order valence-electron chi connectivity index (χ2n) is 20.5. The van der Waals surface area contributed by atoms with Gasteiger partial charge in [-0.05, 0) is 92.1 Å². The number of nitrogens with zero attached hydrogens (tertiary/aromatic N) is 1. The first kappa shape index (κ1) is 40.2. The number of furan rings is 2. The molecule has 0 saturated carbocycles. The highest BCUT2D eigenvalue weighted by Crippen LogP contribution is 2.50. The van der Waals surface area contributed by atoms with Crippen LogP contribution in [0.4, 0.5) is 17.1 Å². The fraction of sp³-hybridized carbons (Fsp3) is 0.175. The third-order valence-electron chi connectivity index (χ3n) is 14.3. The Kier molecular flexibility index (Phi) is 8.87. The van der Waals surface area contributed by atoms with Crippen molar-refractivity contribution in [2.75, 3.05) is 4.90 Å². The molecule has 12 rings (SSSR count). The van der Waals surface area contributed by atoms with Crippen LogP contribution in [-0.2, 0) is 10.8 Å². The molecule has 0 N–H and O–H groups in total. The minimum atomic E-state index is -0.0928. The second-order valence-corrected chi connectivity index (χ2v) is 20.5. The summed E-state index contributed by atoms with van der Waals surface area (Å²) in [7, 11) is 0. The maximum absolute atomic E-state index is 7.13. The molecule has 10 aromatic carbocycles. The van der Waals surface area contributed by atoms with Crippen LogP contribution in [0.5, 0.6) is 0 Å². The molecule has 0 aliphatic carbocycles. The zero-order chi connectivity index (χ0) is 45.2. The summed E-state index contributed by atoms with van der Waals surface area (Å²) in [6, 6.07) is 62.8. The summed E-state index contributed by atoms with van der Waals surface area (Å²) in [6.07, 6.45) is 0. The molecule has 0 saturated heterocycles. The van der Waals surface area contributed by atoms with Crippen molar-refractivity contribution in [2.45, 2.75) is 72.1 Å². The Balaban J connectivity index is 1.13. The average molecular weight is 856 g/mol. The maximum Gasteiger partial charge on any atom is 0.159 e. The molecule has 322 valence electrons.